The van der Waals surface area contributed by atoms with Gasteiger partial charge in [0.25, 0.3) is 5.91 Å². The van der Waals surface area contributed by atoms with Crippen LogP contribution in [0.15, 0.2) is 41.5 Å². The first-order valence-electron chi connectivity index (χ1n) is 8.33. The molecule has 0 saturated carbocycles. The van der Waals surface area contributed by atoms with E-state index in [0.717, 1.165) is 11.3 Å². The van der Waals surface area contributed by atoms with E-state index in [4.69, 9.17) is 14.2 Å². The lowest BCUT2D eigenvalue weighted by Gasteiger charge is -2.14. The van der Waals surface area contributed by atoms with Crippen molar-refractivity contribution in [3.63, 3.8) is 0 Å². The molecule has 0 saturated heterocycles. The number of amides is 1. The first-order valence-corrected chi connectivity index (χ1v) is 8.33. The molecule has 2 rings (SSSR count). The van der Waals surface area contributed by atoms with Crippen LogP contribution < -0.4 is 24.5 Å². The van der Waals surface area contributed by atoms with Crippen molar-refractivity contribution in [2.75, 3.05) is 40.3 Å². The highest BCUT2D eigenvalue weighted by Crippen LogP contribution is 2.38. The summed E-state index contributed by atoms with van der Waals surface area (Å²) in [6, 6.07) is 11.1. The van der Waals surface area contributed by atoms with E-state index in [0.29, 0.717) is 28.5 Å². The second kappa shape index (κ2) is 8.93. The summed E-state index contributed by atoms with van der Waals surface area (Å²) in [6.45, 7) is 1.83. The molecule has 1 N–H and O–H groups in total. The number of hydrazone groups is 1. The molecule has 27 heavy (non-hydrogen) atoms. The van der Waals surface area contributed by atoms with Gasteiger partial charge < -0.3 is 19.1 Å². The van der Waals surface area contributed by atoms with Crippen molar-refractivity contribution in [2.24, 2.45) is 5.10 Å². The summed E-state index contributed by atoms with van der Waals surface area (Å²) in [5.41, 5.74) is 5.62. The maximum Gasteiger partial charge on any atom is 0.271 e. The van der Waals surface area contributed by atoms with Crippen LogP contribution in [-0.2, 0) is 0 Å². The molecule has 0 aliphatic carbocycles. The van der Waals surface area contributed by atoms with E-state index in [1.807, 2.05) is 50.2 Å². The Hall–Kier alpha value is -3.22. The fraction of sp³-hybridized carbons (Fsp3) is 0.300. The number of benzene rings is 2. The molecule has 0 atom stereocenters. The van der Waals surface area contributed by atoms with Crippen molar-refractivity contribution in [1.82, 2.24) is 5.43 Å². The molecule has 7 heteroatoms. The Kier molecular flexibility index (Phi) is 6.65. The third kappa shape index (κ3) is 4.69. The number of nitrogens with zero attached hydrogens (tertiary/aromatic N) is 2. The summed E-state index contributed by atoms with van der Waals surface area (Å²) in [5.74, 6) is 0.861. The fourth-order valence-corrected chi connectivity index (χ4v) is 2.48. The number of nitrogens with one attached hydrogen (secondary N) is 1. The lowest BCUT2D eigenvalue weighted by molar-refractivity contribution is 0.0954. The van der Waals surface area contributed by atoms with E-state index in [1.165, 1.54) is 21.3 Å². The molecule has 1 amide bonds. The van der Waals surface area contributed by atoms with Gasteiger partial charge in [0.05, 0.1) is 27.0 Å². The van der Waals surface area contributed by atoms with Crippen molar-refractivity contribution in [3.05, 3.63) is 47.5 Å². The van der Waals surface area contributed by atoms with Gasteiger partial charge in [0.1, 0.15) is 0 Å². The van der Waals surface area contributed by atoms with E-state index in [2.05, 4.69) is 10.5 Å². The van der Waals surface area contributed by atoms with Crippen LogP contribution in [0.2, 0.25) is 0 Å². The van der Waals surface area contributed by atoms with Crippen LogP contribution in [0.1, 0.15) is 22.8 Å². The minimum absolute atomic E-state index is 0.351. The van der Waals surface area contributed by atoms with E-state index >= 15 is 0 Å². The van der Waals surface area contributed by atoms with Gasteiger partial charge in [0.2, 0.25) is 5.75 Å². The number of carbonyl (C=O) groups excluding carboxylic acids is 1. The first kappa shape index (κ1) is 20.1. The van der Waals surface area contributed by atoms with E-state index in [9.17, 15) is 4.79 Å². The number of carbonyl (C=O) groups is 1. The zero-order valence-corrected chi connectivity index (χ0v) is 16.5. The van der Waals surface area contributed by atoms with Gasteiger partial charge in [-0.1, -0.05) is 12.1 Å². The highest BCUT2D eigenvalue weighted by molar-refractivity contribution is 6.01. The minimum Gasteiger partial charge on any atom is -0.493 e. The molecule has 0 aliphatic rings. The van der Waals surface area contributed by atoms with Gasteiger partial charge in [-0.05, 0) is 36.8 Å². The van der Waals surface area contributed by atoms with Crippen LogP contribution in [-0.4, -0.2) is 47.0 Å². The minimum atomic E-state index is -0.376. The average Bonchev–Trinajstić information content (AvgIpc) is 2.70. The SMILES string of the molecule is COc1cc(C(=O)N/N=C(/C)c2ccc(N(C)C)cc2)cc(OC)c1OC. The van der Waals surface area contributed by atoms with Crippen LogP contribution in [0.4, 0.5) is 5.69 Å². The Morgan fingerprint density at radius 3 is 1.93 bits per heavy atom. The normalized spacial score (nSPS) is 11.0. The van der Waals surface area contributed by atoms with Crippen molar-refractivity contribution >= 4 is 17.3 Å². The van der Waals surface area contributed by atoms with E-state index < -0.39 is 0 Å². The average molecular weight is 371 g/mol. The van der Waals surface area contributed by atoms with Crippen LogP contribution in [0, 0.1) is 0 Å². The van der Waals surface area contributed by atoms with Crippen molar-refractivity contribution in [2.45, 2.75) is 6.92 Å². The van der Waals surface area contributed by atoms with Crippen LogP contribution >= 0.6 is 0 Å². The second-order valence-electron chi connectivity index (χ2n) is 5.99. The third-order valence-electron chi connectivity index (χ3n) is 4.05. The lowest BCUT2D eigenvalue weighted by Crippen LogP contribution is -2.19. The van der Waals surface area contributed by atoms with Crippen molar-refractivity contribution in [1.29, 1.82) is 0 Å². The molecule has 2 aromatic carbocycles. The van der Waals surface area contributed by atoms with Gasteiger partial charge >= 0.3 is 0 Å². The van der Waals surface area contributed by atoms with Gasteiger partial charge in [-0.15, -0.1) is 0 Å². The fourth-order valence-electron chi connectivity index (χ4n) is 2.48. The summed E-state index contributed by atoms with van der Waals surface area (Å²) < 4.78 is 15.8. The van der Waals surface area contributed by atoms with Crippen LogP contribution in [0.3, 0.4) is 0 Å². The zero-order valence-electron chi connectivity index (χ0n) is 16.5. The van der Waals surface area contributed by atoms with Gasteiger partial charge in [-0.25, -0.2) is 5.43 Å². The molecular weight excluding hydrogens is 346 g/mol. The molecule has 144 valence electrons. The molecule has 0 bridgehead atoms. The quantitative estimate of drug-likeness (QED) is 0.598. The largest absolute Gasteiger partial charge is 0.493 e. The van der Waals surface area contributed by atoms with E-state index in [-0.39, 0.29) is 5.91 Å². The first-order chi connectivity index (χ1) is 12.9. The van der Waals surface area contributed by atoms with Gasteiger partial charge in [0.15, 0.2) is 11.5 Å². The summed E-state index contributed by atoms with van der Waals surface area (Å²) >= 11 is 0. The molecule has 0 heterocycles. The Morgan fingerprint density at radius 2 is 1.48 bits per heavy atom. The molecule has 0 aromatic heterocycles. The Bertz CT molecular complexity index is 805. The highest BCUT2D eigenvalue weighted by atomic mass is 16.5. The number of rotatable bonds is 7. The lowest BCUT2D eigenvalue weighted by atomic mass is 10.1. The Balaban J connectivity index is 2.20. The number of hydrogen-bond acceptors (Lipinski definition) is 6. The predicted molar refractivity (Wildman–Crippen MR) is 107 cm³/mol. The van der Waals surface area contributed by atoms with E-state index in [1.54, 1.807) is 12.1 Å². The van der Waals surface area contributed by atoms with Gasteiger partial charge in [0, 0.05) is 25.3 Å². The molecule has 0 fully saturated rings. The summed E-state index contributed by atoms with van der Waals surface area (Å²) in [5, 5.41) is 4.19. The number of hydrogen-bond donors (Lipinski definition) is 1. The van der Waals surface area contributed by atoms with Gasteiger partial charge in [-0.3, -0.25) is 4.79 Å². The molecule has 0 spiro atoms. The molecular formula is C20H25N3O4. The number of anilines is 1. The molecule has 0 unspecified atom stereocenters. The summed E-state index contributed by atoms with van der Waals surface area (Å²) in [7, 11) is 8.47. The third-order valence-corrected chi connectivity index (χ3v) is 4.05. The summed E-state index contributed by atoms with van der Waals surface area (Å²) in [4.78, 5) is 14.5. The van der Waals surface area contributed by atoms with Crippen molar-refractivity contribution in [3.8, 4) is 17.2 Å². The van der Waals surface area contributed by atoms with Gasteiger partial charge in [-0.2, -0.15) is 5.10 Å². The highest BCUT2D eigenvalue weighted by Gasteiger charge is 2.16. The molecule has 0 radical (unpaired) electrons. The molecule has 0 aliphatic heterocycles. The number of ether oxygens (including phenoxy) is 3. The maximum atomic E-state index is 12.5. The topological polar surface area (TPSA) is 72.4 Å². The second-order valence-corrected chi connectivity index (χ2v) is 5.99. The molecule has 7 nitrogen and oxygen atoms in total. The van der Waals surface area contributed by atoms with Crippen LogP contribution in [0.25, 0.3) is 0 Å². The Labute approximate surface area is 159 Å². The predicted octanol–water partition coefficient (Wildman–Crippen LogP) is 2.93. The number of methoxy groups -OCH3 is 3. The summed E-state index contributed by atoms with van der Waals surface area (Å²) in [6.07, 6.45) is 0. The monoisotopic (exact) mass is 371 g/mol. The van der Waals surface area contributed by atoms with Crippen molar-refractivity contribution < 1.29 is 19.0 Å². The molecule has 2 aromatic rings. The van der Waals surface area contributed by atoms with Crippen LogP contribution in [0.5, 0.6) is 17.2 Å². The Morgan fingerprint density at radius 1 is 0.926 bits per heavy atom. The maximum absolute atomic E-state index is 12.5. The smallest absolute Gasteiger partial charge is 0.271 e. The zero-order chi connectivity index (χ0) is 20.0. The standard InChI is InChI=1S/C20H25N3O4/c1-13(14-7-9-16(10-8-14)23(2)3)21-22-20(24)15-11-17(25-4)19(27-6)18(12-15)26-5/h7-12H,1-6H3,(H,22,24)/b21-13-.